The lowest BCUT2D eigenvalue weighted by atomic mass is 9.88. The number of amides is 3. The van der Waals surface area contributed by atoms with E-state index in [4.69, 9.17) is 0 Å². The molecule has 0 aliphatic heterocycles. The molecule has 7 heteroatoms. The zero-order valence-corrected chi connectivity index (χ0v) is 17.3. The van der Waals surface area contributed by atoms with E-state index in [1.54, 1.807) is 0 Å². The van der Waals surface area contributed by atoms with Crippen molar-refractivity contribution in [2.75, 3.05) is 12.4 Å². The Bertz CT molecular complexity index is 948. The highest BCUT2D eigenvalue weighted by Crippen LogP contribution is 2.40. The van der Waals surface area contributed by atoms with E-state index in [0.29, 0.717) is 22.0 Å². The molecule has 1 aliphatic rings. The molecule has 0 spiro atoms. The molecule has 1 aromatic carbocycles. The molecule has 1 atom stereocenters. The molecular weight excluding hydrogens is 376 g/mol. The monoisotopic (exact) mass is 400 g/mol. The molecule has 148 valence electrons. The molecule has 0 bridgehead atoms. The molecule has 2 N–H and O–H groups in total. The number of imide groups is 1. The van der Waals surface area contributed by atoms with Crippen LogP contribution in [0.4, 0.5) is 9.80 Å². The maximum absolute atomic E-state index is 12.9. The summed E-state index contributed by atoms with van der Waals surface area (Å²) >= 11 is 1.42. The van der Waals surface area contributed by atoms with Crippen molar-refractivity contribution in [3.63, 3.8) is 0 Å². The molecule has 2 aromatic rings. The Morgan fingerprint density at radius 2 is 1.93 bits per heavy atom. The van der Waals surface area contributed by atoms with Crippen LogP contribution < -0.4 is 10.6 Å². The zero-order chi connectivity index (χ0) is 20.4. The Hall–Kier alpha value is -2.67. The predicted octanol–water partition coefficient (Wildman–Crippen LogP) is 4.24. The average Bonchev–Trinajstić information content (AvgIpc) is 3.00. The van der Waals surface area contributed by atoms with Gasteiger partial charge in [0, 0.05) is 10.4 Å². The first-order chi connectivity index (χ1) is 13.3. The number of fused-ring (bicyclic) bond motifs is 1. The lowest BCUT2D eigenvalue weighted by molar-refractivity contribution is 0.0937. The largest absolute Gasteiger partial charge is 0.453 e. The van der Waals surface area contributed by atoms with Gasteiger partial charge in [-0.2, -0.15) is 0 Å². The Morgan fingerprint density at radius 3 is 2.64 bits per heavy atom. The molecule has 0 radical (unpaired) electrons. The van der Waals surface area contributed by atoms with Gasteiger partial charge in [-0.1, -0.05) is 24.6 Å². The molecule has 3 amide bonds. The second-order valence-electron chi connectivity index (χ2n) is 7.27. The van der Waals surface area contributed by atoms with Crippen LogP contribution in [-0.4, -0.2) is 25.0 Å². The van der Waals surface area contributed by atoms with Crippen molar-refractivity contribution in [2.24, 2.45) is 5.92 Å². The minimum atomic E-state index is -0.819. The Labute approximate surface area is 168 Å². The Morgan fingerprint density at radius 1 is 1.18 bits per heavy atom. The van der Waals surface area contributed by atoms with E-state index >= 15 is 0 Å². The highest BCUT2D eigenvalue weighted by Gasteiger charge is 2.29. The number of nitrogens with one attached hydrogen (secondary N) is 2. The second-order valence-corrected chi connectivity index (χ2v) is 8.38. The molecule has 28 heavy (non-hydrogen) atoms. The van der Waals surface area contributed by atoms with E-state index < -0.39 is 12.0 Å². The van der Waals surface area contributed by atoms with Crippen LogP contribution in [0.1, 0.15) is 55.6 Å². The number of hydrogen-bond acceptors (Lipinski definition) is 5. The molecule has 0 saturated heterocycles. The summed E-state index contributed by atoms with van der Waals surface area (Å²) in [7, 11) is 1.20. The van der Waals surface area contributed by atoms with Crippen molar-refractivity contribution < 1.29 is 19.1 Å². The van der Waals surface area contributed by atoms with E-state index in [0.717, 1.165) is 40.8 Å². The van der Waals surface area contributed by atoms with Gasteiger partial charge >= 0.3 is 6.09 Å². The number of hydrogen-bond donors (Lipinski definition) is 2. The van der Waals surface area contributed by atoms with Gasteiger partial charge in [0.25, 0.3) is 11.8 Å². The number of thiophene rings is 1. The molecule has 1 aromatic heterocycles. The third kappa shape index (κ3) is 4.09. The molecular formula is C21H24N2O4S. The topological polar surface area (TPSA) is 84.5 Å². The maximum atomic E-state index is 12.9. The predicted molar refractivity (Wildman–Crippen MR) is 109 cm³/mol. The maximum Gasteiger partial charge on any atom is 0.413 e. The van der Waals surface area contributed by atoms with Gasteiger partial charge in [-0.3, -0.25) is 14.9 Å². The molecule has 0 unspecified atom stereocenters. The number of carbonyl (C=O) groups excluding carboxylic acids is 3. The first-order valence-corrected chi connectivity index (χ1v) is 10.0. The molecule has 3 rings (SSSR count). The van der Waals surface area contributed by atoms with Crippen molar-refractivity contribution in [1.82, 2.24) is 5.32 Å². The highest BCUT2D eigenvalue weighted by atomic mass is 32.1. The summed E-state index contributed by atoms with van der Waals surface area (Å²) in [5.41, 5.74) is 3.70. The van der Waals surface area contributed by atoms with Gasteiger partial charge < -0.3 is 10.1 Å². The van der Waals surface area contributed by atoms with Gasteiger partial charge in [-0.15, -0.1) is 11.3 Å². The van der Waals surface area contributed by atoms with Gasteiger partial charge in [-0.05, 0) is 56.2 Å². The van der Waals surface area contributed by atoms with Gasteiger partial charge in [0.05, 0.1) is 12.7 Å². The highest BCUT2D eigenvalue weighted by molar-refractivity contribution is 7.17. The average molecular weight is 401 g/mol. The molecule has 0 fully saturated rings. The van der Waals surface area contributed by atoms with Gasteiger partial charge in [0.15, 0.2) is 0 Å². The van der Waals surface area contributed by atoms with Crippen LogP contribution in [0.15, 0.2) is 18.2 Å². The summed E-state index contributed by atoms with van der Waals surface area (Å²) in [6.45, 7) is 5.97. The van der Waals surface area contributed by atoms with Crippen molar-refractivity contribution >= 4 is 34.2 Å². The van der Waals surface area contributed by atoms with Gasteiger partial charge in [0.1, 0.15) is 5.00 Å². The fraction of sp³-hybridized carbons (Fsp3) is 0.381. The van der Waals surface area contributed by atoms with E-state index in [1.807, 2.05) is 32.0 Å². The number of alkyl carbamates (subject to hydrolysis) is 1. The zero-order valence-electron chi connectivity index (χ0n) is 16.5. The van der Waals surface area contributed by atoms with Crippen LogP contribution in [0, 0.1) is 19.8 Å². The molecule has 1 aliphatic carbocycles. The number of benzene rings is 1. The number of rotatable bonds is 3. The first-order valence-electron chi connectivity index (χ1n) is 9.22. The molecule has 6 nitrogen and oxygen atoms in total. The summed E-state index contributed by atoms with van der Waals surface area (Å²) < 4.78 is 4.54. The quantitative estimate of drug-likeness (QED) is 0.807. The first kappa shape index (κ1) is 20.1. The molecule has 1 heterocycles. The van der Waals surface area contributed by atoms with Crippen LogP contribution in [-0.2, 0) is 17.6 Å². The van der Waals surface area contributed by atoms with Crippen molar-refractivity contribution in [2.45, 2.75) is 40.0 Å². The Balaban J connectivity index is 1.97. The lowest BCUT2D eigenvalue weighted by Gasteiger charge is -2.18. The van der Waals surface area contributed by atoms with Crippen LogP contribution in [0.3, 0.4) is 0 Å². The van der Waals surface area contributed by atoms with Gasteiger partial charge in [-0.25, -0.2) is 4.79 Å². The number of anilines is 1. The van der Waals surface area contributed by atoms with Crippen molar-refractivity contribution in [3.8, 4) is 0 Å². The fourth-order valence-electron chi connectivity index (χ4n) is 3.44. The number of aryl methyl sites for hydroxylation is 2. The number of ether oxygens (including phenoxy) is 1. The minimum absolute atomic E-state index is 0.264. The summed E-state index contributed by atoms with van der Waals surface area (Å²) in [5.74, 6) is -0.291. The van der Waals surface area contributed by atoms with E-state index in [9.17, 15) is 14.4 Å². The van der Waals surface area contributed by atoms with E-state index in [1.165, 1.54) is 18.4 Å². The number of carbonyl (C=O) groups is 3. The summed E-state index contributed by atoms with van der Waals surface area (Å²) in [4.78, 5) is 38.2. The summed E-state index contributed by atoms with van der Waals surface area (Å²) in [5, 5.41) is 5.61. The Kier molecular flexibility index (Phi) is 5.84. The third-order valence-corrected chi connectivity index (χ3v) is 6.17. The summed E-state index contributed by atoms with van der Waals surface area (Å²) in [6.07, 6.45) is 1.75. The SMILES string of the molecule is COC(=O)NC(=O)c1c(NC(=O)c2cc(C)ccc2C)sc2c1CC[C@@H](C)C2. The third-order valence-electron chi connectivity index (χ3n) is 5.00. The summed E-state index contributed by atoms with van der Waals surface area (Å²) in [6, 6.07) is 5.68. The smallest absolute Gasteiger partial charge is 0.413 e. The van der Waals surface area contributed by atoms with E-state index in [2.05, 4.69) is 22.3 Å². The van der Waals surface area contributed by atoms with Crippen LogP contribution in [0.5, 0.6) is 0 Å². The van der Waals surface area contributed by atoms with Crippen molar-refractivity contribution in [3.05, 3.63) is 50.9 Å². The standard InChI is InChI=1S/C21H24N2O4S/c1-11-5-7-13(3)15(9-11)18(24)22-20-17(19(25)23-21(26)27-4)14-8-6-12(2)10-16(14)28-20/h5,7,9,12H,6,8,10H2,1-4H3,(H,22,24)(H,23,25,26)/t12-/m1/s1. The van der Waals surface area contributed by atoms with Crippen LogP contribution in [0.25, 0.3) is 0 Å². The van der Waals surface area contributed by atoms with Crippen LogP contribution in [0.2, 0.25) is 0 Å². The van der Waals surface area contributed by atoms with Crippen molar-refractivity contribution in [1.29, 1.82) is 0 Å². The minimum Gasteiger partial charge on any atom is -0.453 e. The molecule has 0 saturated carbocycles. The lowest BCUT2D eigenvalue weighted by Crippen LogP contribution is -2.31. The fourth-order valence-corrected chi connectivity index (χ4v) is 4.84. The normalized spacial score (nSPS) is 15.5. The second kappa shape index (κ2) is 8.14. The number of methoxy groups -OCH3 is 1. The van der Waals surface area contributed by atoms with Gasteiger partial charge in [0.2, 0.25) is 0 Å². The van der Waals surface area contributed by atoms with E-state index in [-0.39, 0.29) is 5.91 Å². The van der Waals surface area contributed by atoms with Crippen LogP contribution >= 0.6 is 11.3 Å².